The van der Waals surface area contributed by atoms with E-state index in [0.717, 1.165) is 28.7 Å². The Morgan fingerprint density at radius 3 is 2.62 bits per heavy atom. The second-order valence-electron chi connectivity index (χ2n) is 6.97. The minimum atomic E-state index is -0.189. The maximum Gasteiger partial charge on any atom is 0.263 e. The zero-order valence-corrected chi connectivity index (χ0v) is 19.2. The van der Waals surface area contributed by atoms with E-state index in [2.05, 4.69) is 4.90 Å². The monoisotopic (exact) mass is 451 g/mol. The van der Waals surface area contributed by atoms with Crippen molar-refractivity contribution in [1.29, 1.82) is 0 Å². The summed E-state index contributed by atoms with van der Waals surface area (Å²) < 4.78 is 6.39. The predicted octanol–water partition coefficient (Wildman–Crippen LogP) is 5.52. The molecule has 0 saturated heterocycles. The molecular weight excluding hydrogens is 429 g/mol. The van der Waals surface area contributed by atoms with Gasteiger partial charge in [-0.1, -0.05) is 34.5 Å². The van der Waals surface area contributed by atoms with E-state index in [-0.39, 0.29) is 5.91 Å². The van der Waals surface area contributed by atoms with E-state index in [9.17, 15) is 4.79 Å². The summed E-state index contributed by atoms with van der Waals surface area (Å²) in [5.41, 5.74) is 2.15. The van der Waals surface area contributed by atoms with Gasteiger partial charge in [-0.05, 0) is 69.9 Å². The number of hydrogen-bond donors (Lipinski definition) is 0. The number of ether oxygens (including phenoxy) is 1. The highest BCUT2D eigenvalue weighted by Gasteiger charge is 2.24. The number of carbonyl (C=O) groups excluding carboxylic acids is 1. The Kier molecular flexibility index (Phi) is 7.01. The molecule has 0 aliphatic rings. The molecule has 0 aliphatic carbocycles. The van der Waals surface area contributed by atoms with E-state index < -0.39 is 0 Å². The van der Waals surface area contributed by atoms with Gasteiger partial charge in [-0.2, -0.15) is 0 Å². The van der Waals surface area contributed by atoms with Gasteiger partial charge in [-0.3, -0.25) is 9.69 Å². The smallest absolute Gasteiger partial charge is 0.263 e. The van der Waals surface area contributed by atoms with Crippen LogP contribution in [0.4, 0.5) is 5.13 Å². The van der Waals surface area contributed by atoms with Gasteiger partial charge in [0, 0.05) is 16.6 Å². The first-order valence-electron chi connectivity index (χ1n) is 9.17. The third-order valence-corrected chi connectivity index (χ3v) is 6.28. The topological polar surface area (TPSA) is 45.7 Å². The van der Waals surface area contributed by atoms with Crippen LogP contribution in [0.25, 0.3) is 10.2 Å². The number of anilines is 1. The molecule has 2 aromatic carbocycles. The van der Waals surface area contributed by atoms with E-state index in [1.165, 1.54) is 11.3 Å². The molecule has 1 amide bonds. The summed E-state index contributed by atoms with van der Waals surface area (Å²) in [5, 5.41) is 1.78. The molecule has 3 rings (SSSR count). The van der Waals surface area contributed by atoms with Crippen molar-refractivity contribution in [2.75, 3.05) is 39.2 Å². The van der Waals surface area contributed by atoms with Gasteiger partial charge in [0.05, 0.1) is 22.9 Å². The molecule has 0 unspecified atom stereocenters. The number of thiazole rings is 1. The lowest BCUT2D eigenvalue weighted by Crippen LogP contribution is -2.33. The fourth-order valence-electron chi connectivity index (χ4n) is 3.03. The lowest BCUT2D eigenvalue weighted by atomic mass is 10.1. The zero-order valence-electron chi connectivity index (χ0n) is 16.8. The molecule has 3 aromatic rings. The summed E-state index contributed by atoms with van der Waals surface area (Å²) in [4.78, 5) is 22.0. The number of rotatable bonds is 7. The second kappa shape index (κ2) is 9.30. The first kappa shape index (κ1) is 21.8. The Balaban J connectivity index is 2.04. The molecule has 0 aliphatic heterocycles. The summed E-state index contributed by atoms with van der Waals surface area (Å²) in [6, 6.07) is 8.84. The summed E-state index contributed by atoms with van der Waals surface area (Å²) in [6.45, 7) is 3.32. The van der Waals surface area contributed by atoms with Crippen LogP contribution in [-0.4, -0.2) is 50.1 Å². The summed E-state index contributed by atoms with van der Waals surface area (Å²) in [6.07, 6.45) is 0.803. The van der Waals surface area contributed by atoms with Crippen molar-refractivity contribution >= 4 is 55.8 Å². The molecular formula is C21H23Cl2N3O2S. The lowest BCUT2D eigenvalue weighted by molar-refractivity contribution is 0.0983. The molecule has 0 radical (unpaired) electrons. The van der Waals surface area contributed by atoms with Crippen molar-refractivity contribution in [2.45, 2.75) is 13.3 Å². The number of nitrogens with zero attached hydrogens (tertiary/aromatic N) is 3. The number of hydrogen-bond acceptors (Lipinski definition) is 5. The van der Waals surface area contributed by atoms with Gasteiger partial charge in [0.15, 0.2) is 5.13 Å². The number of halogens is 2. The largest absolute Gasteiger partial charge is 0.496 e. The van der Waals surface area contributed by atoms with E-state index in [0.29, 0.717) is 33.0 Å². The van der Waals surface area contributed by atoms with Crippen LogP contribution in [0, 0.1) is 6.92 Å². The lowest BCUT2D eigenvalue weighted by Gasteiger charge is -2.22. The van der Waals surface area contributed by atoms with Crippen LogP contribution in [0.2, 0.25) is 10.0 Å². The van der Waals surface area contributed by atoms with Crippen LogP contribution in [0.3, 0.4) is 0 Å². The first-order chi connectivity index (χ1) is 13.8. The molecule has 0 atom stereocenters. The fourth-order valence-corrected chi connectivity index (χ4v) is 4.40. The van der Waals surface area contributed by atoms with Crippen molar-refractivity contribution in [1.82, 2.24) is 9.88 Å². The third kappa shape index (κ3) is 4.83. The number of aromatic nitrogens is 1. The van der Waals surface area contributed by atoms with E-state index in [1.807, 2.05) is 33.2 Å². The van der Waals surface area contributed by atoms with E-state index in [1.54, 1.807) is 30.2 Å². The number of methoxy groups -OCH3 is 1. The van der Waals surface area contributed by atoms with Gasteiger partial charge >= 0.3 is 0 Å². The third-order valence-electron chi connectivity index (χ3n) is 4.59. The van der Waals surface area contributed by atoms with Crippen molar-refractivity contribution in [3.8, 4) is 5.75 Å². The molecule has 29 heavy (non-hydrogen) atoms. The molecule has 5 nitrogen and oxygen atoms in total. The van der Waals surface area contributed by atoms with Gasteiger partial charge in [-0.15, -0.1) is 0 Å². The summed E-state index contributed by atoms with van der Waals surface area (Å²) in [7, 11) is 5.56. The molecule has 1 heterocycles. The maximum atomic E-state index is 13.5. The van der Waals surface area contributed by atoms with Crippen molar-refractivity contribution in [2.24, 2.45) is 0 Å². The summed E-state index contributed by atoms with van der Waals surface area (Å²) in [5.74, 6) is 0.295. The highest BCUT2D eigenvalue weighted by molar-refractivity contribution is 7.22. The molecule has 0 bridgehead atoms. The van der Waals surface area contributed by atoms with E-state index >= 15 is 0 Å². The fraction of sp³-hybridized carbons (Fsp3) is 0.333. The molecule has 0 fully saturated rings. The minimum absolute atomic E-state index is 0.189. The van der Waals surface area contributed by atoms with Gasteiger partial charge < -0.3 is 9.64 Å². The number of aryl methyl sites for hydroxylation is 1. The van der Waals surface area contributed by atoms with Gasteiger partial charge in [0.1, 0.15) is 5.75 Å². The number of fused-ring (bicyclic) bond motifs is 1. The average Bonchev–Trinajstić information content (AvgIpc) is 3.12. The highest BCUT2D eigenvalue weighted by Crippen LogP contribution is 2.35. The van der Waals surface area contributed by atoms with Crippen LogP contribution in [0.15, 0.2) is 30.3 Å². The van der Waals surface area contributed by atoms with Crippen LogP contribution >= 0.6 is 34.5 Å². The van der Waals surface area contributed by atoms with Crippen molar-refractivity contribution in [3.05, 3.63) is 51.5 Å². The molecule has 8 heteroatoms. The van der Waals surface area contributed by atoms with Crippen molar-refractivity contribution in [3.63, 3.8) is 0 Å². The van der Waals surface area contributed by atoms with Gasteiger partial charge in [0.25, 0.3) is 5.91 Å². The Morgan fingerprint density at radius 2 is 1.93 bits per heavy atom. The van der Waals surface area contributed by atoms with Gasteiger partial charge in [-0.25, -0.2) is 4.98 Å². The number of carbonyl (C=O) groups is 1. The molecule has 154 valence electrons. The maximum absolute atomic E-state index is 13.5. The SMILES string of the molecule is COc1ccc(Cl)cc1C(=O)N(CCCN(C)C)c1nc2c(C)c(Cl)ccc2s1. The molecule has 0 saturated carbocycles. The molecule has 1 aromatic heterocycles. The zero-order chi connectivity index (χ0) is 21.1. The number of amides is 1. The molecule has 0 N–H and O–H groups in total. The highest BCUT2D eigenvalue weighted by atomic mass is 35.5. The predicted molar refractivity (Wildman–Crippen MR) is 122 cm³/mol. The van der Waals surface area contributed by atoms with Crippen LogP contribution in [0.1, 0.15) is 22.3 Å². The average molecular weight is 452 g/mol. The molecule has 0 spiro atoms. The minimum Gasteiger partial charge on any atom is -0.496 e. The quantitative estimate of drug-likeness (QED) is 0.474. The Bertz CT molecular complexity index is 1040. The number of benzene rings is 2. The Morgan fingerprint density at radius 1 is 1.17 bits per heavy atom. The Hall–Kier alpha value is -1.86. The first-order valence-corrected chi connectivity index (χ1v) is 10.7. The van der Waals surface area contributed by atoms with Gasteiger partial charge in [0.2, 0.25) is 0 Å². The normalized spacial score (nSPS) is 11.3. The van der Waals surface area contributed by atoms with Crippen LogP contribution in [0.5, 0.6) is 5.75 Å². The second-order valence-corrected chi connectivity index (χ2v) is 8.83. The Labute approximate surface area is 184 Å². The summed E-state index contributed by atoms with van der Waals surface area (Å²) >= 11 is 13.9. The van der Waals surface area contributed by atoms with Crippen molar-refractivity contribution < 1.29 is 9.53 Å². The van der Waals surface area contributed by atoms with Crippen LogP contribution in [-0.2, 0) is 0 Å². The van der Waals surface area contributed by atoms with E-state index in [4.69, 9.17) is 32.9 Å². The van der Waals surface area contributed by atoms with Crippen LogP contribution < -0.4 is 9.64 Å². The standard InChI is InChI=1S/C21H23Cl2N3O2S/c1-13-16(23)7-9-18-19(13)24-21(29-18)26(11-5-10-25(2)3)20(27)15-12-14(22)6-8-17(15)28-4/h6-9,12H,5,10-11H2,1-4H3.